The summed E-state index contributed by atoms with van der Waals surface area (Å²) in [5, 5.41) is 12.7. The molecule has 0 aliphatic heterocycles. The average molecular weight is 422 g/mol. The van der Waals surface area contributed by atoms with E-state index in [0.29, 0.717) is 18.8 Å². The Kier molecular flexibility index (Phi) is 6.74. The van der Waals surface area contributed by atoms with E-state index in [-0.39, 0.29) is 17.8 Å². The quantitative estimate of drug-likeness (QED) is 0.485. The predicted octanol–water partition coefficient (Wildman–Crippen LogP) is 2.91. The highest BCUT2D eigenvalue weighted by Gasteiger charge is 2.29. The van der Waals surface area contributed by atoms with E-state index in [4.69, 9.17) is 4.74 Å². The smallest absolute Gasteiger partial charge is 0.326 e. The van der Waals surface area contributed by atoms with Crippen molar-refractivity contribution < 1.29 is 14.6 Å². The lowest BCUT2D eigenvalue weighted by Crippen LogP contribution is -2.45. The Hall–Kier alpha value is -3.61. The molecular weight excluding hydrogens is 396 g/mol. The standard InChI is InChI=1S/C24H26N2O5/c1-4-26(5-2)21-20(22(27)23(21)28)25-19(24(29)30)14-16-13-17(31-3)11-12-18(16)15-9-7-6-8-10-15/h6-13,19,25H,4-5,14H2,1-3H3,(H,29,30)/t19-/m0/s1. The Bertz CT molecular complexity index is 1130. The number of nitrogens with one attached hydrogen (secondary N) is 1. The first kappa shape index (κ1) is 22.1. The summed E-state index contributed by atoms with van der Waals surface area (Å²) in [4.78, 5) is 38.1. The van der Waals surface area contributed by atoms with E-state index in [1.54, 1.807) is 18.1 Å². The molecule has 0 aromatic heterocycles. The van der Waals surface area contributed by atoms with Crippen LogP contribution in [0, 0.1) is 0 Å². The van der Waals surface area contributed by atoms with Crippen molar-refractivity contribution in [3.63, 3.8) is 0 Å². The molecule has 0 saturated carbocycles. The molecule has 31 heavy (non-hydrogen) atoms. The van der Waals surface area contributed by atoms with Crippen LogP contribution in [0.15, 0.2) is 58.1 Å². The first-order valence-corrected chi connectivity index (χ1v) is 10.2. The highest BCUT2D eigenvalue weighted by atomic mass is 16.5. The highest BCUT2D eigenvalue weighted by Crippen LogP contribution is 2.29. The van der Waals surface area contributed by atoms with Crippen molar-refractivity contribution >= 4 is 17.3 Å². The normalized spacial score (nSPS) is 11.8. The van der Waals surface area contributed by atoms with Gasteiger partial charge >= 0.3 is 5.97 Å². The lowest BCUT2D eigenvalue weighted by atomic mass is 9.94. The van der Waals surface area contributed by atoms with Crippen molar-refractivity contribution in [1.29, 1.82) is 0 Å². The Labute approximate surface area is 180 Å². The minimum Gasteiger partial charge on any atom is -0.497 e. The van der Waals surface area contributed by atoms with Crippen LogP contribution in [0.3, 0.4) is 0 Å². The van der Waals surface area contributed by atoms with Crippen molar-refractivity contribution in [2.45, 2.75) is 26.3 Å². The Balaban J connectivity index is 1.97. The van der Waals surface area contributed by atoms with Crippen molar-refractivity contribution in [2.24, 2.45) is 0 Å². The second kappa shape index (κ2) is 9.47. The van der Waals surface area contributed by atoms with Crippen LogP contribution in [-0.4, -0.2) is 37.3 Å². The van der Waals surface area contributed by atoms with Gasteiger partial charge in [-0.15, -0.1) is 0 Å². The number of carboxylic acid groups (broad SMARTS) is 1. The maximum atomic E-state index is 12.2. The highest BCUT2D eigenvalue weighted by molar-refractivity contribution is 5.83. The molecule has 3 aromatic rings. The fourth-order valence-corrected chi connectivity index (χ4v) is 3.71. The average Bonchev–Trinajstić information content (AvgIpc) is 2.80. The number of hydrogen-bond acceptors (Lipinski definition) is 6. The summed E-state index contributed by atoms with van der Waals surface area (Å²) < 4.78 is 5.33. The Morgan fingerprint density at radius 3 is 2.32 bits per heavy atom. The number of benzene rings is 2. The zero-order valence-corrected chi connectivity index (χ0v) is 17.8. The van der Waals surface area contributed by atoms with Crippen LogP contribution in [0.1, 0.15) is 19.4 Å². The summed E-state index contributed by atoms with van der Waals surface area (Å²) in [7, 11) is 1.55. The van der Waals surface area contributed by atoms with Crippen molar-refractivity contribution in [1.82, 2.24) is 0 Å². The molecule has 0 unspecified atom stereocenters. The molecule has 0 saturated heterocycles. The molecule has 0 bridgehead atoms. The minimum absolute atomic E-state index is 0.0743. The molecule has 0 aliphatic carbocycles. The Morgan fingerprint density at radius 2 is 1.74 bits per heavy atom. The van der Waals surface area contributed by atoms with E-state index < -0.39 is 22.9 Å². The lowest BCUT2D eigenvalue weighted by Gasteiger charge is -2.27. The third kappa shape index (κ3) is 4.45. The first-order valence-electron chi connectivity index (χ1n) is 10.2. The summed E-state index contributed by atoms with van der Waals surface area (Å²) in [5.41, 5.74) is 1.66. The van der Waals surface area contributed by atoms with Gasteiger partial charge in [-0.3, -0.25) is 9.59 Å². The van der Waals surface area contributed by atoms with Crippen LogP contribution in [0.2, 0.25) is 0 Å². The third-order valence-electron chi connectivity index (χ3n) is 5.40. The summed E-state index contributed by atoms with van der Waals surface area (Å²) in [6.45, 7) is 4.84. The van der Waals surface area contributed by atoms with Gasteiger partial charge in [0.05, 0.1) is 7.11 Å². The molecule has 7 nitrogen and oxygen atoms in total. The van der Waals surface area contributed by atoms with Gasteiger partial charge in [0.2, 0.25) is 0 Å². The third-order valence-corrected chi connectivity index (χ3v) is 5.40. The van der Waals surface area contributed by atoms with Gasteiger partial charge in [-0.25, -0.2) is 4.79 Å². The summed E-state index contributed by atoms with van der Waals surface area (Å²) in [5.74, 6) is -0.503. The molecule has 0 fully saturated rings. The van der Waals surface area contributed by atoms with Gasteiger partial charge < -0.3 is 20.1 Å². The van der Waals surface area contributed by atoms with Crippen LogP contribution in [0.25, 0.3) is 11.1 Å². The zero-order valence-electron chi connectivity index (χ0n) is 17.8. The van der Waals surface area contributed by atoms with Gasteiger partial charge in [0.25, 0.3) is 10.9 Å². The molecule has 162 valence electrons. The van der Waals surface area contributed by atoms with Gasteiger partial charge in [-0.2, -0.15) is 0 Å². The largest absolute Gasteiger partial charge is 0.497 e. The van der Waals surface area contributed by atoms with Crippen molar-refractivity contribution in [3.05, 3.63) is 74.5 Å². The van der Waals surface area contributed by atoms with Gasteiger partial charge in [0.1, 0.15) is 23.2 Å². The van der Waals surface area contributed by atoms with E-state index in [9.17, 15) is 19.5 Å². The van der Waals surface area contributed by atoms with Crippen LogP contribution in [0.5, 0.6) is 5.75 Å². The number of aliphatic carboxylic acids is 1. The van der Waals surface area contributed by atoms with Gasteiger partial charge in [0, 0.05) is 19.5 Å². The van der Waals surface area contributed by atoms with Crippen LogP contribution in [-0.2, 0) is 11.2 Å². The van der Waals surface area contributed by atoms with Gasteiger partial charge in [-0.05, 0) is 42.7 Å². The number of ether oxygens (including phenoxy) is 1. The molecular formula is C24H26N2O5. The van der Waals surface area contributed by atoms with Gasteiger partial charge in [0.15, 0.2) is 0 Å². The molecule has 3 rings (SSSR count). The molecule has 2 N–H and O–H groups in total. The van der Waals surface area contributed by atoms with E-state index in [0.717, 1.165) is 16.7 Å². The zero-order chi connectivity index (χ0) is 22.5. The summed E-state index contributed by atoms with van der Waals surface area (Å²) in [6.07, 6.45) is 0.104. The van der Waals surface area contributed by atoms with E-state index in [1.165, 1.54) is 0 Å². The number of hydrogen-bond donors (Lipinski definition) is 2. The molecule has 0 heterocycles. The number of carbonyl (C=O) groups is 1. The fraction of sp³-hybridized carbons (Fsp3) is 0.292. The molecule has 1 atom stereocenters. The minimum atomic E-state index is -1.11. The Morgan fingerprint density at radius 1 is 1.06 bits per heavy atom. The number of methoxy groups -OCH3 is 1. The maximum Gasteiger partial charge on any atom is 0.326 e. The number of anilines is 2. The topological polar surface area (TPSA) is 95.9 Å². The molecule has 0 amide bonds. The van der Waals surface area contributed by atoms with Crippen molar-refractivity contribution in [3.8, 4) is 16.9 Å². The number of rotatable bonds is 10. The number of nitrogens with zero attached hydrogens (tertiary/aromatic N) is 1. The van der Waals surface area contributed by atoms with Crippen LogP contribution < -0.4 is 25.8 Å². The summed E-state index contributed by atoms with van der Waals surface area (Å²) in [6, 6.07) is 14.1. The molecule has 7 heteroatoms. The predicted molar refractivity (Wildman–Crippen MR) is 122 cm³/mol. The summed E-state index contributed by atoms with van der Waals surface area (Å²) >= 11 is 0. The van der Waals surface area contributed by atoms with E-state index >= 15 is 0 Å². The monoisotopic (exact) mass is 422 g/mol. The van der Waals surface area contributed by atoms with Crippen LogP contribution >= 0.6 is 0 Å². The van der Waals surface area contributed by atoms with Crippen LogP contribution in [0.4, 0.5) is 11.4 Å². The second-order valence-electron chi connectivity index (χ2n) is 7.18. The maximum absolute atomic E-state index is 12.2. The molecule has 0 aliphatic rings. The van der Waals surface area contributed by atoms with E-state index in [1.807, 2.05) is 56.3 Å². The lowest BCUT2D eigenvalue weighted by molar-refractivity contribution is -0.137. The first-order chi connectivity index (χ1) is 14.9. The van der Waals surface area contributed by atoms with Gasteiger partial charge in [-0.1, -0.05) is 36.4 Å². The molecule has 3 aromatic carbocycles. The fourth-order valence-electron chi connectivity index (χ4n) is 3.71. The number of carboxylic acids is 1. The van der Waals surface area contributed by atoms with E-state index in [2.05, 4.69) is 5.32 Å². The SMILES string of the molecule is CCN(CC)c1c(N[C@@H](Cc2cc(OC)ccc2-c2ccccc2)C(=O)O)c(=O)c1=O. The second-order valence-corrected chi connectivity index (χ2v) is 7.18. The van der Waals surface area contributed by atoms with Crippen molar-refractivity contribution in [2.75, 3.05) is 30.4 Å². The molecule has 0 spiro atoms. The molecule has 0 radical (unpaired) electrons.